The Kier molecular flexibility index (Phi) is 5.43. The monoisotopic (exact) mass is 442 g/mol. The summed E-state index contributed by atoms with van der Waals surface area (Å²) in [5.41, 5.74) is 1.03. The quantitative estimate of drug-likeness (QED) is 0.600. The summed E-state index contributed by atoms with van der Waals surface area (Å²) in [6.45, 7) is 1.09. The molecule has 1 saturated carbocycles. The number of carbonyl (C=O) groups excluding carboxylic acids is 2. The van der Waals surface area contributed by atoms with E-state index in [0.717, 1.165) is 34.4 Å². The molecule has 0 unspecified atom stereocenters. The number of pyridine rings is 1. The van der Waals surface area contributed by atoms with Crippen molar-refractivity contribution in [3.63, 3.8) is 0 Å². The van der Waals surface area contributed by atoms with Crippen LogP contribution in [0.5, 0.6) is 0 Å². The van der Waals surface area contributed by atoms with E-state index in [1.54, 1.807) is 17.2 Å². The van der Waals surface area contributed by atoms with E-state index in [-0.39, 0.29) is 25.0 Å². The Balaban J connectivity index is 1.42. The van der Waals surface area contributed by atoms with Crippen LogP contribution in [-0.2, 0) is 4.74 Å². The normalized spacial score (nSPS) is 19.0. The second-order valence-corrected chi connectivity index (χ2v) is 8.68. The molecular formula is C21H22N4O5S. The third-order valence-corrected chi connectivity index (χ3v) is 6.64. The van der Waals surface area contributed by atoms with Gasteiger partial charge in [-0.3, -0.25) is 9.59 Å². The molecule has 2 N–H and O–H groups in total. The molecule has 0 spiro atoms. The lowest BCUT2D eigenvalue weighted by Gasteiger charge is -2.33. The summed E-state index contributed by atoms with van der Waals surface area (Å²) in [6, 6.07) is 5.46. The van der Waals surface area contributed by atoms with Crippen molar-refractivity contribution in [1.29, 1.82) is 0 Å². The highest BCUT2D eigenvalue weighted by atomic mass is 32.1. The zero-order chi connectivity index (χ0) is 21.4. The van der Waals surface area contributed by atoms with Gasteiger partial charge in [0.05, 0.1) is 19.8 Å². The number of ether oxygens (including phenoxy) is 1. The van der Waals surface area contributed by atoms with Crippen molar-refractivity contribution in [2.24, 2.45) is 0 Å². The minimum Gasteiger partial charge on any atom is -0.395 e. The molecule has 3 aromatic rings. The summed E-state index contributed by atoms with van der Waals surface area (Å²) in [5.74, 6) is 0.666. The van der Waals surface area contributed by atoms with Crippen molar-refractivity contribution in [3.8, 4) is 0 Å². The fourth-order valence-corrected chi connectivity index (χ4v) is 4.92. The van der Waals surface area contributed by atoms with Crippen molar-refractivity contribution in [3.05, 3.63) is 46.3 Å². The van der Waals surface area contributed by atoms with Crippen molar-refractivity contribution < 1.29 is 24.0 Å². The number of aliphatic hydroxyl groups excluding tert-OH is 1. The summed E-state index contributed by atoms with van der Waals surface area (Å²) < 4.78 is 11.3. The minimum absolute atomic E-state index is 0.146. The molecule has 3 aromatic heterocycles. The molecule has 2 amide bonds. The van der Waals surface area contributed by atoms with Gasteiger partial charge in [0.1, 0.15) is 21.6 Å². The van der Waals surface area contributed by atoms with Crippen LogP contribution in [0.4, 0.5) is 0 Å². The lowest BCUT2D eigenvalue weighted by atomic mass is 10.0. The number of nitrogens with one attached hydrogen (secondary N) is 1. The molecule has 1 saturated heterocycles. The third-order valence-electron chi connectivity index (χ3n) is 5.51. The number of thiophene rings is 1. The summed E-state index contributed by atoms with van der Waals surface area (Å²) in [6.07, 6.45) is 3.35. The van der Waals surface area contributed by atoms with Gasteiger partial charge in [-0.2, -0.15) is 0 Å². The number of hydrogen-bond acceptors (Lipinski definition) is 8. The smallest absolute Gasteiger partial charge is 0.276 e. The van der Waals surface area contributed by atoms with Crippen LogP contribution in [0.1, 0.15) is 56.3 Å². The summed E-state index contributed by atoms with van der Waals surface area (Å²) in [5, 5.41) is 16.6. The van der Waals surface area contributed by atoms with Gasteiger partial charge in [0.25, 0.3) is 11.8 Å². The van der Waals surface area contributed by atoms with Gasteiger partial charge in [0, 0.05) is 42.2 Å². The van der Waals surface area contributed by atoms with Crippen molar-refractivity contribution >= 4 is 33.4 Å². The van der Waals surface area contributed by atoms with Gasteiger partial charge < -0.3 is 24.6 Å². The zero-order valence-electron chi connectivity index (χ0n) is 16.7. The van der Waals surface area contributed by atoms with Crippen molar-refractivity contribution in [1.82, 2.24) is 20.4 Å². The molecule has 1 atom stereocenters. The van der Waals surface area contributed by atoms with E-state index in [0.29, 0.717) is 36.2 Å². The van der Waals surface area contributed by atoms with Crippen LogP contribution in [0, 0.1) is 0 Å². The fourth-order valence-electron chi connectivity index (χ4n) is 3.81. The van der Waals surface area contributed by atoms with Crippen LogP contribution in [0.15, 0.2) is 28.9 Å². The maximum absolute atomic E-state index is 13.0. The predicted molar refractivity (Wildman–Crippen MR) is 112 cm³/mol. The number of hydrogen-bond donors (Lipinski definition) is 2. The molecule has 10 heteroatoms. The van der Waals surface area contributed by atoms with Gasteiger partial charge in [-0.25, -0.2) is 4.98 Å². The maximum Gasteiger partial charge on any atom is 0.276 e. The highest BCUT2D eigenvalue weighted by molar-refractivity contribution is 7.20. The van der Waals surface area contributed by atoms with E-state index in [9.17, 15) is 9.59 Å². The van der Waals surface area contributed by atoms with Gasteiger partial charge in [0.15, 0.2) is 5.69 Å². The summed E-state index contributed by atoms with van der Waals surface area (Å²) in [4.78, 5) is 33.1. The Labute approximate surface area is 182 Å². The Hall–Kier alpha value is -2.82. The van der Waals surface area contributed by atoms with Gasteiger partial charge in [0.2, 0.25) is 0 Å². The first kappa shape index (κ1) is 20.1. The van der Waals surface area contributed by atoms with Gasteiger partial charge in [-0.15, -0.1) is 11.3 Å². The average molecular weight is 442 g/mol. The van der Waals surface area contributed by atoms with E-state index in [4.69, 9.17) is 14.4 Å². The number of amides is 2. The lowest BCUT2D eigenvalue weighted by molar-refractivity contribution is -0.0225. The topological polar surface area (TPSA) is 118 Å². The highest BCUT2D eigenvalue weighted by Gasteiger charge is 2.34. The van der Waals surface area contributed by atoms with Gasteiger partial charge in [-0.05, 0) is 18.9 Å². The number of rotatable bonds is 6. The average Bonchev–Trinajstić information content (AvgIpc) is 3.40. The SMILES string of the molecule is O=C(NCCO)c1sc2ncccc2c1[C@H]1CN(C(=O)c2cc(C3CC3)on2)CCO1. The Morgan fingerprint density at radius 3 is 3.03 bits per heavy atom. The fraction of sp³-hybridized carbons (Fsp3) is 0.429. The molecule has 0 aromatic carbocycles. The second-order valence-electron chi connectivity index (χ2n) is 7.68. The number of morpholine rings is 1. The number of aromatic nitrogens is 2. The third kappa shape index (κ3) is 3.93. The van der Waals surface area contributed by atoms with E-state index in [1.165, 1.54) is 11.3 Å². The largest absolute Gasteiger partial charge is 0.395 e. The summed E-state index contributed by atoms with van der Waals surface area (Å²) in [7, 11) is 0. The molecule has 5 rings (SSSR count). The molecule has 0 bridgehead atoms. The molecule has 162 valence electrons. The van der Waals surface area contributed by atoms with Crippen LogP contribution in [0.2, 0.25) is 0 Å². The Bertz CT molecular complexity index is 1120. The first-order valence-corrected chi connectivity index (χ1v) is 11.1. The Morgan fingerprint density at radius 1 is 1.35 bits per heavy atom. The van der Waals surface area contributed by atoms with Crippen molar-refractivity contribution in [2.45, 2.75) is 24.9 Å². The second kappa shape index (κ2) is 8.37. The van der Waals surface area contributed by atoms with Crippen LogP contribution in [0.3, 0.4) is 0 Å². The van der Waals surface area contributed by atoms with E-state index in [1.807, 2.05) is 12.1 Å². The van der Waals surface area contributed by atoms with Crippen LogP contribution in [-0.4, -0.2) is 64.8 Å². The molecule has 2 fully saturated rings. The van der Waals surface area contributed by atoms with E-state index >= 15 is 0 Å². The predicted octanol–water partition coefficient (Wildman–Crippen LogP) is 2.10. The molecule has 1 aliphatic heterocycles. The molecule has 0 radical (unpaired) electrons. The standard InChI is InChI=1S/C21H22N4O5S/c26-8-6-22-19(27)18-17(13-2-1-5-23-20(13)31-18)16-11-25(7-9-29-16)21(28)14-10-15(30-24-14)12-3-4-12/h1-2,5,10,12,16,26H,3-4,6-9,11H2,(H,22,27)/t16-/m1/s1. The van der Waals surface area contributed by atoms with E-state index in [2.05, 4.69) is 15.5 Å². The first-order valence-electron chi connectivity index (χ1n) is 10.3. The number of fused-ring (bicyclic) bond motifs is 1. The molecule has 2 aliphatic rings. The van der Waals surface area contributed by atoms with Gasteiger partial charge >= 0.3 is 0 Å². The minimum atomic E-state index is -0.472. The molecule has 4 heterocycles. The first-order chi connectivity index (χ1) is 15.2. The highest BCUT2D eigenvalue weighted by Crippen LogP contribution is 2.40. The Morgan fingerprint density at radius 2 is 2.23 bits per heavy atom. The number of aliphatic hydroxyl groups is 1. The lowest BCUT2D eigenvalue weighted by Crippen LogP contribution is -2.42. The van der Waals surface area contributed by atoms with Crippen LogP contribution >= 0.6 is 11.3 Å². The van der Waals surface area contributed by atoms with Crippen LogP contribution < -0.4 is 5.32 Å². The summed E-state index contributed by atoms with van der Waals surface area (Å²) >= 11 is 1.28. The van der Waals surface area contributed by atoms with Crippen molar-refractivity contribution in [2.75, 3.05) is 32.8 Å². The molecule has 31 heavy (non-hydrogen) atoms. The number of nitrogens with zero attached hydrogens (tertiary/aromatic N) is 3. The maximum atomic E-state index is 13.0. The van der Waals surface area contributed by atoms with Gasteiger partial charge in [-0.1, -0.05) is 11.2 Å². The zero-order valence-corrected chi connectivity index (χ0v) is 17.6. The number of carbonyl (C=O) groups is 2. The molecular weight excluding hydrogens is 420 g/mol. The molecule has 1 aliphatic carbocycles. The molecule has 9 nitrogen and oxygen atoms in total. The van der Waals surface area contributed by atoms with Crippen LogP contribution in [0.25, 0.3) is 10.2 Å². The van der Waals surface area contributed by atoms with E-state index < -0.39 is 6.10 Å².